The van der Waals surface area contributed by atoms with Crippen LogP contribution in [0, 0.1) is 5.92 Å². The van der Waals surface area contributed by atoms with Crippen LogP contribution in [0.3, 0.4) is 0 Å². The van der Waals surface area contributed by atoms with Crippen LogP contribution in [-0.2, 0) is 6.61 Å². The predicted molar refractivity (Wildman–Crippen MR) is 83.7 cm³/mol. The Balaban J connectivity index is 1.42. The van der Waals surface area contributed by atoms with Gasteiger partial charge in [-0.3, -0.25) is 0 Å². The van der Waals surface area contributed by atoms with E-state index in [1.165, 1.54) is 5.56 Å². The van der Waals surface area contributed by atoms with Crippen molar-refractivity contribution in [3.63, 3.8) is 0 Å². The Morgan fingerprint density at radius 1 is 0.857 bits per heavy atom. The molecule has 3 heteroatoms. The number of hydrogen-bond donors (Lipinski definition) is 1. The van der Waals surface area contributed by atoms with E-state index < -0.39 is 0 Å². The molecule has 1 aliphatic heterocycles. The standard InChI is InChI=1S/C18H21NO2/c1-2-4-15(5-3-1)14-21-18-8-6-17(7-9-18)20-11-10-16-12-19-13-16/h1-9,16,19H,10-14H2. The van der Waals surface area contributed by atoms with E-state index in [0.717, 1.165) is 43.5 Å². The topological polar surface area (TPSA) is 30.5 Å². The molecule has 0 saturated carbocycles. The van der Waals surface area contributed by atoms with Crippen molar-refractivity contribution in [2.45, 2.75) is 13.0 Å². The molecule has 1 saturated heterocycles. The maximum atomic E-state index is 5.75. The van der Waals surface area contributed by atoms with Gasteiger partial charge in [-0.2, -0.15) is 0 Å². The lowest BCUT2D eigenvalue weighted by molar-refractivity contribution is 0.238. The van der Waals surface area contributed by atoms with Crippen molar-refractivity contribution >= 4 is 0 Å². The molecule has 3 nitrogen and oxygen atoms in total. The predicted octanol–water partition coefficient (Wildman–Crippen LogP) is 3.25. The van der Waals surface area contributed by atoms with Gasteiger partial charge >= 0.3 is 0 Å². The third kappa shape index (κ3) is 4.23. The smallest absolute Gasteiger partial charge is 0.120 e. The van der Waals surface area contributed by atoms with Gasteiger partial charge < -0.3 is 14.8 Å². The van der Waals surface area contributed by atoms with Gasteiger partial charge in [0.15, 0.2) is 0 Å². The van der Waals surface area contributed by atoms with Gasteiger partial charge in [-0.05, 0) is 55.3 Å². The molecule has 1 N–H and O–H groups in total. The molecule has 1 heterocycles. The number of hydrogen-bond acceptors (Lipinski definition) is 3. The molecule has 0 radical (unpaired) electrons. The molecule has 21 heavy (non-hydrogen) atoms. The lowest BCUT2D eigenvalue weighted by Gasteiger charge is -2.26. The first-order chi connectivity index (χ1) is 10.4. The summed E-state index contributed by atoms with van der Waals surface area (Å²) in [6.45, 7) is 3.65. The van der Waals surface area contributed by atoms with Crippen molar-refractivity contribution in [1.29, 1.82) is 0 Å². The molecule has 2 aromatic rings. The maximum Gasteiger partial charge on any atom is 0.120 e. The van der Waals surface area contributed by atoms with Gasteiger partial charge in [-0.25, -0.2) is 0 Å². The Kier molecular flexibility index (Phi) is 4.74. The number of rotatable bonds is 7. The van der Waals surface area contributed by atoms with E-state index in [1.807, 2.05) is 42.5 Å². The average Bonchev–Trinajstić information content (AvgIpc) is 2.50. The van der Waals surface area contributed by atoms with E-state index in [4.69, 9.17) is 9.47 Å². The van der Waals surface area contributed by atoms with Gasteiger partial charge in [0.1, 0.15) is 18.1 Å². The summed E-state index contributed by atoms with van der Waals surface area (Å²) in [5, 5.41) is 3.27. The maximum absolute atomic E-state index is 5.75. The second-order valence-corrected chi connectivity index (χ2v) is 5.41. The van der Waals surface area contributed by atoms with Gasteiger partial charge in [0.25, 0.3) is 0 Å². The first-order valence-electron chi connectivity index (χ1n) is 7.50. The van der Waals surface area contributed by atoms with E-state index in [0.29, 0.717) is 6.61 Å². The SMILES string of the molecule is c1ccc(COc2ccc(OCCC3CNC3)cc2)cc1. The quantitative estimate of drug-likeness (QED) is 0.846. The average molecular weight is 283 g/mol. The summed E-state index contributed by atoms with van der Waals surface area (Å²) in [5.74, 6) is 2.57. The first kappa shape index (κ1) is 14.0. The molecule has 0 aliphatic carbocycles. The normalized spacial score (nSPS) is 14.5. The van der Waals surface area contributed by atoms with Crippen LogP contribution < -0.4 is 14.8 Å². The zero-order chi connectivity index (χ0) is 14.3. The highest BCUT2D eigenvalue weighted by atomic mass is 16.5. The summed E-state index contributed by atoms with van der Waals surface area (Å²) in [5.41, 5.74) is 1.17. The van der Waals surface area contributed by atoms with Gasteiger partial charge in [-0.15, -0.1) is 0 Å². The molecule has 110 valence electrons. The zero-order valence-electron chi connectivity index (χ0n) is 12.1. The Morgan fingerprint density at radius 3 is 2.14 bits per heavy atom. The molecule has 0 atom stereocenters. The Labute approximate surface area is 125 Å². The summed E-state index contributed by atoms with van der Waals surface area (Å²) in [7, 11) is 0. The minimum Gasteiger partial charge on any atom is -0.494 e. The third-order valence-electron chi connectivity index (χ3n) is 3.73. The van der Waals surface area contributed by atoms with Crippen LogP contribution >= 0.6 is 0 Å². The monoisotopic (exact) mass is 283 g/mol. The lowest BCUT2D eigenvalue weighted by atomic mass is 10.0. The number of benzene rings is 2. The second-order valence-electron chi connectivity index (χ2n) is 5.41. The Bertz CT molecular complexity index is 535. The molecular formula is C18H21NO2. The largest absolute Gasteiger partial charge is 0.494 e. The fourth-order valence-electron chi connectivity index (χ4n) is 2.27. The van der Waals surface area contributed by atoms with Gasteiger partial charge in [-0.1, -0.05) is 30.3 Å². The second kappa shape index (κ2) is 7.14. The molecular weight excluding hydrogens is 262 g/mol. The summed E-state index contributed by atoms with van der Waals surface area (Å²) in [4.78, 5) is 0. The fraction of sp³-hybridized carbons (Fsp3) is 0.333. The zero-order valence-corrected chi connectivity index (χ0v) is 12.1. The van der Waals surface area contributed by atoms with Crippen molar-refractivity contribution in [2.75, 3.05) is 19.7 Å². The van der Waals surface area contributed by atoms with Crippen LogP contribution in [0.15, 0.2) is 54.6 Å². The van der Waals surface area contributed by atoms with Crippen LogP contribution in [0.1, 0.15) is 12.0 Å². The minimum atomic E-state index is 0.593. The van der Waals surface area contributed by atoms with E-state index in [2.05, 4.69) is 17.4 Å². The van der Waals surface area contributed by atoms with E-state index >= 15 is 0 Å². The lowest BCUT2D eigenvalue weighted by Crippen LogP contribution is -2.42. The summed E-state index contributed by atoms with van der Waals surface area (Å²) < 4.78 is 11.5. The van der Waals surface area contributed by atoms with Crippen molar-refractivity contribution in [2.24, 2.45) is 5.92 Å². The van der Waals surface area contributed by atoms with E-state index in [1.54, 1.807) is 0 Å². The third-order valence-corrected chi connectivity index (χ3v) is 3.73. The Hall–Kier alpha value is -2.00. The Morgan fingerprint density at radius 2 is 1.52 bits per heavy atom. The van der Waals surface area contributed by atoms with Crippen molar-refractivity contribution in [1.82, 2.24) is 5.32 Å². The first-order valence-corrected chi connectivity index (χ1v) is 7.50. The van der Waals surface area contributed by atoms with Crippen molar-refractivity contribution < 1.29 is 9.47 Å². The van der Waals surface area contributed by atoms with Gasteiger partial charge in [0.2, 0.25) is 0 Å². The van der Waals surface area contributed by atoms with E-state index in [9.17, 15) is 0 Å². The highest BCUT2D eigenvalue weighted by molar-refractivity contribution is 5.31. The molecule has 0 bridgehead atoms. The van der Waals surface area contributed by atoms with Crippen molar-refractivity contribution in [3.8, 4) is 11.5 Å². The highest BCUT2D eigenvalue weighted by Gasteiger charge is 2.15. The fourth-order valence-corrected chi connectivity index (χ4v) is 2.27. The summed E-state index contributed by atoms with van der Waals surface area (Å²) in [6.07, 6.45) is 1.12. The van der Waals surface area contributed by atoms with Gasteiger partial charge in [0, 0.05) is 0 Å². The molecule has 2 aromatic carbocycles. The highest BCUT2D eigenvalue weighted by Crippen LogP contribution is 2.19. The van der Waals surface area contributed by atoms with Crippen LogP contribution in [0.2, 0.25) is 0 Å². The van der Waals surface area contributed by atoms with Crippen LogP contribution in [-0.4, -0.2) is 19.7 Å². The van der Waals surface area contributed by atoms with Crippen LogP contribution in [0.5, 0.6) is 11.5 Å². The molecule has 1 fully saturated rings. The van der Waals surface area contributed by atoms with Gasteiger partial charge in [0.05, 0.1) is 6.61 Å². The summed E-state index contributed by atoms with van der Waals surface area (Å²) in [6, 6.07) is 18.0. The van der Waals surface area contributed by atoms with Crippen molar-refractivity contribution in [3.05, 3.63) is 60.2 Å². The molecule has 1 aliphatic rings. The molecule has 0 spiro atoms. The van der Waals surface area contributed by atoms with E-state index in [-0.39, 0.29) is 0 Å². The van der Waals surface area contributed by atoms with Crippen LogP contribution in [0.4, 0.5) is 0 Å². The molecule has 3 rings (SSSR count). The molecule has 0 amide bonds. The van der Waals surface area contributed by atoms with Crippen LogP contribution in [0.25, 0.3) is 0 Å². The minimum absolute atomic E-state index is 0.593. The molecule has 0 unspecified atom stereocenters. The number of ether oxygens (including phenoxy) is 2. The number of nitrogens with one attached hydrogen (secondary N) is 1. The molecule has 0 aromatic heterocycles. The summed E-state index contributed by atoms with van der Waals surface area (Å²) >= 11 is 0.